The van der Waals surface area contributed by atoms with Crippen LogP contribution in [0, 0.1) is 11.3 Å². The number of amides is 2. The largest absolute Gasteiger partial charge is 0.427 e. The second kappa shape index (κ2) is 8.43. The van der Waals surface area contributed by atoms with E-state index in [9.17, 15) is 24.3 Å². The number of hydrogen-bond acceptors (Lipinski definition) is 8. The van der Waals surface area contributed by atoms with Gasteiger partial charge in [-0.3, -0.25) is 14.4 Å². The molecular formula is C21H26N2O7S. The predicted octanol–water partition coefficient (Wildman–Crippen LogP) is 1.19. The van der Waals surface area contributed by atoms with Crippen molar-refractivity contribution < 1.29 is 33.8 Å². The van der Waals surface area contributed by atoms with E-state index in [1.54, 1.807) is 32.2 Å². The average molecular weight is 451 g/mol. The number of nitrogens with zero attached hydrogens (tertiary/aromatic N) is 1. The Bertz CT molecular complexity index is 957. The Morgan fingerprint density at radius 3 is 2.58 bits per heavy atom. The smallest absolute Gasteiger partial charge is 0.358 e. The van der Waals surface area contributed by atoms with Crippen LogP contribution in [0.1, 0.15) is 44.6 Å². The molecule has 2 aliphatic heterocycles. The SMILES string of the molecule is C[C@@H](O)[C@H]1C(=O)N2C(C(=O)OCOC(=O)C(C)(C)C)=C(c3csc(CC(N)=O)c3)C[C@H]12. The number of β-lactam (4-membered cyclic amide) rings is 1. The van der Waals surface area contributed by atoms with E-state index in [-0.39, 0.29) is 24.1 Å². The molecule has 31 heavy (non-hydrogen) atoms. The highest BCUT2D eigenvalue weighted by atomic mass is 32.1. The van der Waals surface area contributed by atoms with E-state index in [1.807, 2.05) is 0 Å². The van der Waals surface area contributed by atoms with Crippen LogP contribution in [-0.4, -0.2) is 52.7 Å². The van der Waals surface area contributed by atoms with Gasteiger partial charge in [0.1, 0.15) is 5.70 Å². The number of primary amides is 1. The van der Waals surface area contributed by atoms with Crippen molar-refractivity contribution in [3.05, 3.63) is 27.6 Å². The average Bonchev–Trinajstić information content (AvgIpc) is 3.22. The number of esters is 2. The van der Waals surface area contributed by atoms with Gasteiger partial charge in [0.05, 0.1) is 29.9 Å². The first-order chi connectivity index (χ1) is 14.4. The molecule has 3 heterocycles. The van der Waals surface area contributed by atoms with Crippen LogP contribution in [0.5, 0.6) is 0 Å². The fraction of sp³-hybridized carbons (Fsp3) is 0.524. The molecule has 0 aromatic carbocycles. The van der Waals surface area contributed by atoms with Gasteiger partial charge in [-0.05, 0) is 56.7 Å². The van der Waals surface area contributed by atoms with Gasteiger partial charge in [0.15, 0.2) is 0 Å². The minimum Gasteiger partial charge on any atom is -0.427 e. The molecule has 0 radical (unpaired) electrons. The number of hydrogen-bond donors (Lipinski definition) is 2. The van der Waals surface area contributed by atoms with E-state index >= 15 is 0 Å². The number of rotatable bonds is 7. The Kier molecular flexibility index (Phi) is 6.24. The summed E-state index contributed by atoms with van der Waals surface area (Å²) < 4.78 is 10.1. The van der Waals surface area contributed by atoms with Crippen molar-refractivity contribution in [2.75, 3.05) is 6.79 Å². The second-order valence-electron chi connectivity index (χ2n) is 8.75. The number of fused-ring (bicyclic) bond motifs is 1. The van der Waals surface area contributed by atoms with Crippen LogP contribution in [0.25, 0.3) is 5.57 Å². The van der Waals surface area contributed by atoms with Gasteiger partial charge >= 0.3 is 11.9 Å². The topological polar surface area (TPSA) is 136 Å². The van der Waals surface area contributed by atoms with Gasteiger partial charge in [0.2, 0.25) is 18.6 Å². The highest BCUT2D eigenvalue weighted by Gasteiger charge is 2.57. The quantitative estimate of drug-likeness (QED) is 0.362. The van der Waals surface area contributed by atoms with Crippen molar-refractivity contribution in [2.45, 2.75) is 52.7 Å². The molecule has 1 fully saturated rings. The van der Waals surface area contributed by atoms with Crippen molar-refractivity contribution >= 4 is 40.7 Å². The van der Waals surface area contributed by atoms with Crippen molar-refractivity contribution in [3.8, 4) is 0 Å². The Labute approximate surface area is 183 Å². The Morgan fingerprint density at radius 2 is 2.00 bits per heavy atom. The van der Waals surface area contributed by atoms with Crippen LogP contribution in [0.4, 0.5) is 0 Å². The van der Waals surface area contributed by atoms with E-state index in [4.69, 9.17) is 15.2 Å². The van der Waals surface area contributed by atoms with E-state index in [1.165, 1.54) is 23.2 Å². The molecule has 10 heteroatoms. The van der Waals surface area contributed by atoms with Gasteiger partial charge in [0.25, 0.3) is 0 Å². The summed E-state index contributed by atoms with van der Waals surface area (Å²) in [5.74, 6) is -2.76. The molecule has 3 N–H and O–H groups in total. The zero-order chi connectivity index (χ0) is 23.1. The molecule has 9 nitrogen and oxygen atoms in total. The Hall–Kier alpha value is -2.72. The third-order valence-electron chi connectivity index (χ3n) is 5.26. The summed E-state index contributed by atoms with van der Waals surface area (Å²) in [5, 5.41) is 11.8. The Morgan fingerprint density at radius 1 is 1.32 bits per heavy atom. The molecule has 0 spiro atoms. The number of aliphatic hydroxyl groups is 1. The highest BCUT2D eigenvalue weighted by Crippen LogP contribution is 2.47. The molecule has 0 unspecified atom stereocenters. The summed E-state index contributed by atoms with van der Waals surface area (Å²) in [5.41, 5.74) is 5.85. The third-order valence-corrected chi connectivity index (χ3v) is 6.20. The number of aliphatic hydroxyl groups excluding tert-OH is 1. The molecule has 0 bridgehead atoms. The molecule has 0 aliphatic carbocycles. The standard InChI is InChI=1S/C21H26N2O7S/c1-10(24)16-14-7-13(11-5-12(31-8-11)6-15(22)25)17(23(14)18(16)26)19(27)29-9-30-20(28)21(2,3)4/h5,8,10,14,16,24H,6-7,9H2,1-4H3,(H2,22,25)/t10-,14-,16-/m1/s1. The Balaban J connectivity index is 1.84. The number of carbonyl (C=O) groups excluding carboxylic acids is 4. The predicted molar refractivity (Wildman–Crippen MR) is 111 cm³/mol. The van der Waals surface area contributed by atoms with Crippen LogP contribution in [0.2, 0.25) is 0 Å². The lowest BCUT2D eigenvalue weighted by atomic mass is 9.82. The maximum Gasteiger partial charge on any atom is 0.358 e. The number of nitrogens with two attached hydrogens (primary N) is 1. The first kappa shape index (κ1) is 23.0. The highest BCUT2D eigenvalue weighted by molar-refractivity contribution is 7.10. The van der Waals surface area contributed by atoms with E-state index in [2.05, 4.69) is 0 Å². The monoisotopic (exact) mass is 450 g/mol. The van der Waals surface area contributed by atoms with Crippen molar-refractivity contribution in [1.29, 1.82) is 0 Å². The normalized spacial score (nSPS) is 21.5. The van der Waals surface area contributed by atoms with Crippen LogP contribution in [0.3, 0.4) is 0 Å². The summed E-state index contributed by atoms with van der Waals surface area (Å²) in [7, 11) is 0. The number of thiophene rings is 1. The zero-order valence-electron chi connectivity index (χ0n) is 17.8. The molecule has 2 aliphatic rings. The maximum atomic E-state index is 12.9. The zero-order valence-corrected chi connectivity index (χ0v) is 18.7. The fourth-order valence-corrected chi connectivity index (χ4v) is 4.65. The van der Waals surface area contributed by atoms with Gasteiger partial charge in [-0.2, -0.15) is 0 Å². The lowest BCUT2D eigenvalue weighted by Gasteiger charge is -2.44. The van der Waals surface area contributed by atoms with E-state index in [0.29, 0.717) is 17.6 Å². The summed E-state index contributed by atoms with van der Waals surface area (Å²) in [6.07, 6.45) is -0.422. The number of ether oxygens (including phenoxy) is 2. The van der Waals surface area contributed by atoms with Crippen molar-refractivity contribution in [2.24, 2.45) is 17.1 Å². The lowest BCUT2D eigenvalue weighted by Crippen LogP contribution is -2.61. The first-order valence-corrected chi connectivity index (χ1v) is 10.7. The second-order valence-corrected chi connectivity index (χ2v) is 9.75. The summed E-state index contributed by atoms with van der Waals surface area (Å²) in [6, 6.07) is 1.40. The molecule has 0 saturated carbocycles. The summed E-state index contributed by atoms with van der Waals surface area (Å²) >= 11 is 1.32. The van der Waals surface area contributed by atoms with Crippen LogP contribution < -0.4 is 5.73 Å². The van der Waals surface area contributed by atoms with E-state index < -0.39 is 42.1 Å². The molecule has 3 rings (SSSR count). The molecule has 1 saturated heterocycles. The maximum absolute atomic E-state index is 12.9. The van der Waals surface area contributed by atoms with Gasteiger partial charge in [-0.25, -0.2) is 4.79 Å². The van der Waals surface area contributed by atoms with E-state index in [0.717, 1.165) is 4.88 Å². The molecular weight excluding hydrogens is 424 g/mol. The summed E-state index contributed by atoms with van der Waals surface area (Å²) in [4.78, 5) is 50.6. The van der Waals surface area contributed by atoms with Gasteiger partial charge < -0.3 is 25.2 Å². The van der Waals surface area contributed by atoms with Crippen LogP contribution in [0.15, 0.2) is 17.1 Å². The van der Waals surface area contributed by atoms with Crippen LogP contribution >= 0.6 is 11.3 Å². The first-order valence-electron chi connectivity index (χ1n) is 9.86. The van der Waals surface area contributed by atoms with Gasteiger partial charge in [-0.1, -0.05) is 0 Å². The van der Waals surface area contributed by atoms with Crippen molar-refractivity contribution in [3.63, 3.8) is 0 Å². The van der Waals surface area contributed by atoms with Gasteiger partial charge in [-0.15, -0.1) is 11.3 Å². The minimum atomic E-state index is -0.856. The molecule has 3 atom stereocenters. The third kappa shape index (κ3) is 4.49. The molecule has 1 aromatic rings. The lowest BCUT2D eigenvalue weighted by molar-refractivity contribution is -0.175. The fourth-order valence-electron chi connectivity index (χ4n) is 3.74. The molecule has 168 valence electrons. The number of carbonyl (C=O) groups is 4. The van der Waals surface area contributed by atoms with Crippen LogP contribution in [-0.2, 0) is 35.1 Å². The van der Waals surface area contributed by atoms with Crippen molar-refractivity contribution in [1.82, 2.24) is 4.90 Å². The molecule has 2 amide bonds. The van der Waals surface area contributed by atoms with Gasteiger partial charge in [0, 0.05) is 4.88 Å². The summed E-state index contributed by atoms with van der Waals surface area (Å²) in [6.45, 7) is 5.99. The minimum absolute atomic E-state index is 0.0714. The molecule has 1 aromatic heterocycles.